The summed E-state index contributed by atoms with van der Waals surface area (Å²) >= 11 is 5.23. The second kappa shape index (κ2) is 7.72. The van der Waals surface area contributed by atoms with Crippen molar-refractivity contribution in [2.45, 2.75) is 6.04 Å². The van der Waals surface area contributed by atoms with Gasteiger partial charge in [0.2, 0.25) is 0 Å². The van der Waals surface area contributed by atoms with Gasteiger partial charge in [0, 0.05) is 18.4 Å². The van der Waals surface area contributed by atoms with Crippen LogP contribution in [0.25, 0.3) is 10.8 Å². The number of benzene rings is 2. The molecule has 0 saturated carbocycles. The average molecular weight is 372 g/mol. The number of fused-ring (bicyclic) bond motifs is 1. The van der Waals surface area contributed by atoms with E-state index >= 15 is 0 Å². The van der Waals surface area contributed by atoms with E-state index in [1.165, 1.54) is 7.11 Å². The number of esters is 1. The normalized spacial score (nSPS) is 19.7. The first-order valence-corrected chi connectivity index (χ1v) is 8.56. The fourth-order valence-electron chi connectivity index (χ4n) is 3.13. The summed E-state index contributed by atoms with van der Waals surface area (Å²) in [5, 5.41) is 18.6. The number of phenolic OH excluding ortho intramolecular Hbond substituents is 1. The van der Waals surface area contributed by atoms with Crippen molar-refractivity contribution in [1.82, 2.24) is 10.6 Å². The monoisotopic (exact) mass is 372 g/mol. The van der Waals surface area contributed by atoms with E-state index in [1.54, 1.807) is 6.07 Å². The summed E-state index contributed by atoms with van der Waals surface area (Å²) in [5.74, 6) is -1.14. The summed E-state index contributed by atoms with van der Waals surface area (Å²) < 4.78 is 10.2. The molecule has 0 aromatic heterocycles. The fourth-order valence-corrected chi connectivity index (χ4v) is 3.39. The zero-order valence-electron chi connectivity index (χ0n) is 14.3. The predicted molar refractivity (Wildman–Crippen MR) is 103 cm³/mol. The van der Waals surface area contributed by atoms with Gasteiger partial charge in [-0.2, -0.15) is 0 Å². The lowest BCUT2D eigenvalue weighted by atomic mass is 9.86. The number of nitrogens with one attached hydrogen (secondary N) is 2. The van der Waals surface area contributed by atoms with Gasteiger partial charge in [-0.05, 0) is 29.1 Å². The first-order chi connectivity index (χ1) is 12.5. The van der Waals surface area contributed by atoms with E-state index in [-0.39, 0.29) is 12.4 Å². The van der Waals surface area contributed by atoms with Crippen molar-refractivity contribution in [2.24, 2.45) is 5.92 Å². The van der Waals surface area contributed by atoms with Crippen LogP contribution in [0.5, 0.6) is 5.75 Å². The van der Waals surface area contributed by atoms with E-state index in [1.807, 2.05) is 30.3 Å². The van der Waals surface area contributed by atoms with Gasteiger partial charge in [-0.25, -0.2) is 0 Å². The molecule has 136 valence electrons. The molecular formula is C19H20N2O4S. The number of ether oxygens (including phenoxy) is 2. The van der Waals surface area contributed by atoms with E-state index in [0.717, 1.165) is 10.8 Å². The molecule has 0 radical (unpaired) electrons. The highest BCUT2D eigenvalue weighted by molar-refractivity contribution is 7.80. The number of methoxy groups -OCH3 is 1. The molecule has 0 aliphatic carbocycles. The minimum absolute atomic E-state index is 0.0772. The lowest BCUT2D eigenvalue weighted by molar-refractivity contribution is -0.149. The van der Waals surface area contributed by atoms with Gasteiger partial charge in [0.1, 0.15) is 18.3 Å². The first kappa shape index (κ1) is 18.2. The fraction of sp³-hybridized carbons (Fsp3) is 0.263. The third-order valence-corrected chi connectivity index (χ3v) is 4.53. The van der Waals surface area contributed by atoms with Gasteiger partial charge in [0.05, 0.1) is 12.6 Å². The molecule has 1 aliphatic rings. The van der Waals surface area contributed by atoms with Gasteiger partial charge in [-0.1, -0.05) is 36.9 Å². The molecule has 0 spiro atoms. The Morgan fingerprint density at radius 3 is 2.81 bits per heavy atom. The molecule has 7 heteroatoms. The highest BCUT2D eigenvalue weighted by Gasteiger charge is 2.39. The Morgan fingerprint density at radius 2 is 2.04 bits per heavy atom. The summed E-state index contributed by atoms with van der Waals surface area (Å²) in [6, 6.07) is 10.5. The Hall–Kier alpha value is -2.64. The minimum Gasteiger partial charge on any atom is -0.508 e. The van der Waals surface area contributed by atoms with Crippen LogP contribution in [-0.2, 0) is 14.3 Å². The number of hydrogen-bond acceptors (Lipinski definition) is 5. The van der Waals surface area contributed by atoms with Crippen LogP contribution in [0.3, 0.4) is 0 Å². The highest BCUT2D eigenvalue weighted by atomic mass is 32.1. The van der Waals surface area contributed by atoms with Gasteiger partial charge >= 0.3 is 5.97 Å². The molecule has 0 amide bonds. The molecule has 2 aromatic carbocycles. The minimum atomic E-state index is -0.754. The summed E-state index contributed by atoms with van der Waals surface area (Å²) in [5.41, 5.74) is 1.01. The van der Waals surface area contributed by atoms with Crippen LogP contribution < -0.4 is 10.6 Å². The molecule has 1 aliphatic heterocycles. The second-order valence-corrected chi connectivity index (χ2v) is 6.37. The maximum Gasteiger partial charge on any atom is 0.317 e. The van der Waals surface area contributed by atoms with Gasteiger partial charge in [-0.15, -0.1) is 0 Å². The van der Waals surface area contributed by atoms with Crippen LogP contribution in [0.4, 0.5) is 0 Å². The highest BCUT2D eigenvalue weighted by Crippen LogP contribution is 2.39. The van der Waals surface area contributed by atoms with Crippen molar-refractivity contribution in [2.75, 3.05) is 20.3 Å². The topological polar surface area (TPSA) is 79.8 Å². The SMILES string of the molecule is C=C1NC(=S)N[C@@H](c2c(O)ccc3ccccc23)[C@@H]1C(=O)OCCOC. The second-order valence-electron chi connectivity index (χ2n) is 5.96. The maximum absolute atomic E-state index is 12.7. The van der Waals surface area contributed by atoms with Crippen LogP contribution in [0, 0.1) is 5.92 Å². The molecule has 1 heterocycles. The van der Waals surface area contributed by atoms with Crippen molar-refractivity contribution in [3.63, 3.8) is 0 Å². The first-order valence-electron chi connectivity index (χ1n) is 8.15. The Balaban J connectivity index is 2.05. The molecular weight excluding hydrogens is 352 g/mol. The van der Waals surface area contributed by atoms with Crippen LogP contribution in [0.15, 0.2) is 48.7 Å². The van der Waals surface area contributed by atoms with E-state index < -0.39 is 17.9 Å². The molecule has 3 N–H and O–H groups in total. The van der Waals surface area contributed by atoms with Gasteiger partial charge < -0.3 is 25.2 Å². The van der Waals surface area contributed by atoms with Gasteiger partial charge in [0.25, 0.3) is 0 Å². The zero-order valence-corrected chi connectivity index (χ0v) is 15.1. The third kappa shape index (κ3) is 3.49. The third-order valence-electron chi connectivity index (χ3n) is 4.31. The molecule has 1 saturated heterocycles. The van der Waals surface area contributed by atoms with E-state index in [0.29, 0.717) is 23.0 Å². The van der Waals surface area contributed by atoms with Crippen molar-refractivity contribution < 1.29 is 19.4 Å². The van der Waals surface area contributed by atoms with Crippen molar-refractivity contribution >= 4 is 34.1 Å². The number of carbonyl (C=O) groups is 1. The molecule has 26 heavy (non-hydrogen) atoms. The molecule has 6 nitrogen and oxygen atoms in total. The lowest BCUT2D eigenvalue weighted by Gasteiger charge is -2.35. The maximum atomic E-state index is 12.7. The van der Waals surface area contributed by atoms with E-state index in [2.05, 4.69) is 17.2 Å². The number of phenols is 1. The molecule has 3 rings (SSSR count). The van der Waals surface area contributed by atoms with E-state index in [4.69, 9.17) is 21.7 Å². The van der Waals surface area contributed by atoms with Crippen molar-refractivity contribution in [1.29, 1.82) is 0 Å². The Bertz CT molecular complexity index is 868. The quantitative estimate of drug-likeness (QED) is 0.422. The van der Waals surface area contributed by atoms with Crippen molar-refractivity contribution in [3.05, 3.63) is 54.2 Å². The summed E-state index contributed by atoms with van der Waals surface area (Å²) in [4.78, 5) is 12.7. The lowest BCUT2D eigenvalue weighted by Crippen LogP contribution is -2.51. The summed E-state index contributed by atoms with van der Waals surface area (Å²) in [6.45, 7) is 4.37. The Labute approximate surface area is 156 Å². The average Bonchev–Trinajstić information content (AvgIpc) is 2.61. The largest absolute Gasteiger partial charge is 0.508 e. The smallest absolute Gasteiger partial charge is 0.317 e. The molecule has 2 atom stereocenters. The van der Waals surface area contributed by atoms with Gasteiger partial charge in [-0.3, -0.25) is 4.79 Å². The number of carbonyl (C=O) groups excluding carboxylic acids is 1. The molecule has 1 fully saturated rings. The number of rotatable bonds is 5. The number of hydrogen-bond donors (Lipinski definition) is 3. The van der Waals surface area contributed by atoms with Gasteiger partial charge in [0.15, 0.2) is 5.11 Å². The number of thiocarbonyl (C=S) groups is 1. The molecule has 0 unspecified atom stereocenters. The summed E-state index contributed by atoms with van der Waals surface area (Å²) in [6.07, 6.45) is 0. The van der Waals surface area contributed by atoms with Crippen LogP contribution in [0.2, 0.25) is 0 Å². The number of aromatic hydroxyl groups is 1. The van der Waals surface area contributed by atoms with E-state index in [9.17, 15) is 9.90 Å². The Kier molecular flexibility index (Phi) is 5.39. The van der Waals surface area contributed by atoms with Crippen molar-refractivity contribution in [3.8, 4) is 5.75 Å². The molecule has 2 aromatic rings. The van der Waals surface area contributed by atoms with Crippen LogP contribution in [-0.4, -0.2) is 36.5 Å². The standard InChI is InChI=1S/C19H20N2O4S/c1-11-15(18(23)25-10-9-24-2)17(21-19(26)20-11)16-13-6-4-3-5-12(13)7-8-14(16)22/h3-8,15,17,22H,1,9-10H2,2H3,(H2,20,21,26)/t15-,17-/m1/s1. The predicted octanol–water partition coefficient (Wildman–Crippen LogP) is 2.38. The molecule has 0 bridgehead atoms. The Morgan fingerprint density at radius 1 is 1.27 bits per heavy atom. The van der Waals surface area contributed by atoms with Crippen LogP contribution >= 0.6 is 12.2 Å². The summed E-state index contributed by atoms with van der Waals surface area (Å²) in [7, 11) is 1.53. The van der Waals surface area contributed by atoms with Crippen LogP contribution in [0.1, 0.15) is 11.6 Å². The zero-order chi connectivity index (χ0) is 18.7.